The van der Waals surface area contributed by atoms with Crippen molar-refractivity contribution in [2.45, 2.75) is 18.9 Å². The molecule has 1 aromatic rings. The molecule has 1 heterocycles. The number of carbonyl (C=O) groups is 2. The Kier molecular flexibility index (Phi) is 3.45. The predicted molar refractivity (Wildman–Crippen MR) is 59.8 cm³/mol. The molecule has 0 radical (unpaired) electrons. The average molecular weight is 253 g/mol. The third-order valence-corrected chi connectivity index (χ3v) is 2.81. The first-order valence-electron chi connectivity index (χ1n) is 5.55. The lowest BCUT2D eigenvalue weighted by molar-refractivity contribution is -0.141. The van der Waals surface area contributed by atoms with Crippen LogP contribution >= 0.6 is 0 Å². The van der Waals surface area contributed by atoms with Crippen LogP contribution in [0.4, 0.5) is 9.18 Å². The Labute approximate surface area is 103 Å². The van der Waals surface area contributed by atoms with Gasteiger partial charge in [-0.2, -0.15) is 0 Å². The van der Waals surface area contributed by atoms with E-state index in [1.54, 1.807) is 0 Å². The molecule has 0 spiro atoms. The Balaban J connectivity index is 2.08. The topological polar surface area (TPSA) is 66.8 Å². The molecule has 0 saturated carbocycles. The summed E-state index contributed by atoms with van der Waals surface area (Å²) in [7, 11) is 0. The van der Waals surface area contributed by atoms with Crippen LogP contribution in [0.5, 0.6) is 5.75 Å². The molecule has 1 aliphatic rings. The number of para-hydroxylation sites is 1. The molecule has 0 bridgehead atoms. The van der Waals surface area contributed by atoms with Crippen LogP contribution in [0.25, 0.3) is 0 Å². The highest BCUT2D eigenvalue weighted by Crippen LogP contribution is 2.21. The van der Waals surface area contributed by atoms with E-state index in [0.717, 1.165) is 4.90 Å². The van der Waals surface area contributed by atoms with Gasteiger partial charge in [0.05, 0.1) is 0 Å². The number of benzene rings is 1. The fourth-order valence-electron chi connectivity index (χ4n) is 1.92. The lowest BCUT2D eigenvalue weighted by Gasteiger charge is -2.20. The second kappa shape index (κ2) is 5.03. The molecule has 1 aliphatic heterocycles. The van der Waals surface area contributed by atoms with Gasteiger partial charge in [0.25, 0.3) is 0 Å². The van der Waals surface area contributed by atoms with Crippen LogP contribution in [0.3, 0.4) is 0 Å². The largest absolute Gasteiger partial charge is 0.480 e. The number of aliphatic carboxylic acids is 1. The van der Waals surface area contributed by atoms with Crippen molar-refractivity contribution in [2.75, 3.05) is 6.54 Å². The summed E-state index contributed by atoms with van der Waals surface area (Å²) in [6.07, 6.45) is 0.162. The Morgan fingerprint density at radius 1 is 1.39 bits per heavy atom. The Hall–Kier alpha value is -2.11. The summed E-state index contributed by atoms with van der Waals surface area (Å²) in [5.74, 6) is -1.92. The molecule has 18 heavy (non-hydrogen) atoms. The molecule has 1 atom stereocenters. The van der Waals surface area contributed by atoms with Crippen LogP contribution in [0.1, 0.15) is 12.8 Å². The minimum absolute atomic E-state index is 0.196. The summed E-state index contributed by atoms with van der Waals surface area (Å²) >= 11 is 0. The second-order valence-corrected chi connectivity index (χ2v) is 3.99. The predicted octanol–water partition coefficient (Wildman–Crippen LogP) is 1.87. The first-order valence-corrected chi connectivity index (χ1v) is 5.55. The highest BCUT2D eigenvalue weighted by Gasteiger charge is 2.35. The molecular weight excluding hydrogens is 241 g/mol. The van der Waals surface area contributed by atoms with Gasteiger partial charge in [0, 0.05) is 6.54 Å². The van der Waals surface area contributed by atoms with Gasteiger partial charge in [-0.25, -0.2) is 14.0 Å². The second-order valence-electron chi connectivity index (χ2n) is 3.99. The SMILES string of the molecule is O=C(O)C1CCCN1C(=O)Oc1ccccc1F. The van der Waals surface area contributed by atoms with Crippen LogP contribution in [-0.4, -0.2) is 34.7 Å². The molecule has 1 aromatic carbocycles. The van der Waals surface area contributed by atoms with Crippen molar-refractivity contribution in [3.63, 3.8) is 0 Å². The number of carbonyl (C=O) groups excluding carboxylic acids is 1. The van der Waals surface area contributed by atoms with Gasteiger partial charge in [-0.3, -0.25) is 4.90 Å². The highest BCUT2D eigenvalue weighted by atomic mass is 19.1. The molecule has 5 nitrogen and oxygen atoms in total. The van der Waals surface area contributed by atoms with Gasteiger partial charge in [0.2, 0.25) is 0 Å². The van der Waals surface area contributed by atoms with Crippen molar-refractivity contribution in [1.82, 2.24) is 4.90 Å². The van der Waals surface area contributed by atoms with Crippen molar-refractivity contribution in [1.29, 1.82) is 0 Å². The van der Waals surface area contributed by atoms with E-state index in [1.807, 2.05) is 0 Å². The number of nitrogens with zero attached hydrogens (tertiary/aromatic N) is 1. The normalized spacial score (nSPS) is 18.7. The Bertz CT molecular complexity index is 477. The molecule has 96 valence electrons. The van der Waals surface area contributed by atoms with Gasteiger partial charge in [0.1, 0.15) is 6.04 Å². The Morgan fingerprint density at radius 2 is 2.11 bits per heavy atom. The lowest BCUT2D eigenvalue weighted by Crippen LogP contribution is -2.42. The van der Waals surface area contributed by atoms with Crippen molar-refractivity contribution in [2.24, 2.45) is 0 Å². The van der Waals surface area contributed by atoms with E-state index in [9.17, 15) is 14.0 Å². The number of rotatable bonds is 2. The van der Waals surface area contributed by atoms with Gasteiger partial charge in [-0.15, -0.1) is 0 Å². The van der Waals surface area contributed by atoms with Crippen LogP contribution in [-0.2, 0) is 4.79 Å². The summed E-state index contributed by atoms with van der Waals surface area (Å²) in [6, 6.07) is 4.61. The van der Waals surface area contributed by atoms with Gasteiger partial charge >= 0.3 is 12.1 Å². The molecule has 0 aliphatic carbocycles. The maximum atomic E-state index is 13.3. The van der Waals surface area contributed by atoms with E-state index in [2.05, 4.69) is 0 Å². The molecule has 1 unspecified atom stereocenters. The molecule has 2 rings (SSSR count). The third kappa shape index (κ3) is 2.42. The summed E-state index contributed by atoms with van der Waals surface area (Å²) in [4.78, 5) is 23.8. The summed E-state index contributed by atoms with van der Waals surface area (Å²) in [5.41, 5.74) is 0. The van der Waals surface area contributed by atoms with E-state index < -0.39 is 23.9 Å². The summed E-state index contributed by atoms with van der Waals surface area (Å²) in [5, 5.41) is 8.93. The molecule has 6 heteroatoms. The smallest absolute Gasteiger partial charge is 0.416 e. The Morgan fingerprint density at radius 3 is 2.78 bits per heavy atom. The standard InChI is InChI=1S/C12H12FNO4/c13-8-4-1-2-6-10(8)18-12(17)14-7-3-5-9(14)11(15)16/h1-2,4,6,9H,3,5,7H2,(H,15,16). The maximum Gasteiger partial charge on any atom is 0.416 e. The van der Waals surface area contributed by atoms with Crippen LogP contribution in [0.15, 0.2) is 24.3 Å². The maximum absolute atomic E-state index is 13.3. The number of halogens is 1. The van der Waals surface area contributed by atoms with Crippen LogP contribution < -0.4 is 4.74 Å². The van der Waals surface area contributed by atoms with E-state index >= 15 is 0 Å². The van der Waals surface area contributed by atoms with Crippen molar-refractivity contribution in [3.8, 4) is 5.75 Å². The van der Waals surface area contributed by atoms with Gasteiger partial charge in [-0.1, -0.05) is 12.1 Å². The third-order valence-electron chi connectivity index (χ3n) is 2.81. The van der Waals surface area contributed by atoms with Gasteiger partial charge in [0.15, 0.2) is 11.6 Å². The monoisotopic (exact) mass is 253 g/mol. The van der Waals surface area contributed by atoms with E-state index in [-0.39, 0.29) is 5.75 Å². The number of carboxylic acid groups (broad SMARTS) is 1. The van der Waals surface area contributed by atoms with Gasteiger partial charge in [-0.05, 0) is 25.0 Å². The zero-order valence-electron chi connectivity index (χ0n) is 9.51. The molecule has 1 saturated heterocycles. The van der Waals surface area contributed by atoms with Crippen LogP contribution in [0.2, 0.25) is 0 Å². The number of amides is 1. The van der Waals surface area contributed by atoms with Crippen molar-refractivity contribution < 1.29 is 23.8 Å². The zero-order chi connectivity index (χ0) is 13.1. The number of hydrogen-bond donors (Lipinski definition) is 1. The fourth-order valence-corrected chi connectivity index (χ4v) is 1.92. The molecule has 0 aromatic heterocycles. The van der Waals surface area contributed by atoms with E-state index in [4.69, 9.17) is 9.84 Å². The van der Waals surface area contributed by atoms with Crippen molar-refractivity contribution >= 4 is 12.1 Å². The number of hydrogen-bond acceptors (Lipinski definition) is 3. The van der Waals surface area contributed by atoms with Crippen LogP contribution in [0, 0.1) is 5.82 Å². The first kappa shape index (κ1) is 12.3. The molecular formula is C12H12FNO4. The minimum Gasteiger partial charge on any atom is -0.480 e. The van der Waals surface area contributed by atoms with E-state index in [0.29, 0.717) is 19.4 Å². The quantitative estimate of drug-likeness (QED) is 0.873. The summed E-state index contributed by atoms with van der Waals surface area (Å²) in [6.45, 7) is 0.310. The average Bonchev–Trinajstić information content (AvgIpc) is 2.81. The molecule has 1 N–H and O–H groups in total. The zero-order valence-corrected chi connectivity index (χ0v) is 9.51. The van der Waals surface area contributed by atoms with Gasteiger partial charge < -0.3 is 9.84 Å². The summed E-state index contributed by atoms with van der Waals surface area (Å²) < 4.78 is 18.1. The highest BCUT2D eigenvalue weighted by molar-refractivity contribution is 5.81. The van der Waals surface area contributed by atoms with Crippen molar-refractivity contribution in [3.05, 3.63) is 30.1 Å². The van der Waals surface area contributed by atoms with E-state index in [1.165, 1.54) is 24.3 Å². The number of ether oxygens (including phenoxy) is 1. The minimum atomic E-state index is -1.07. The fraction of sp³-hybridized carbons (Fsp3) is 0.333. The lowest BCUT2D eigenvalue weighted by atomic mass is 10.2. The molecule has 1 amide bonds. The molecule has 1 fully saturated rings. The number of carboxylic acids is 1. The first-order chi connectivity index (χ1) is 8.59. The number of likely N-dealkylation sites (tertiary alicyclic amines) is 1.